The molecule has 1 amide bonds. The second-order valence-electron chi connectivity index (χ2n) is 4.36. The van der Waals surface area contributed by atoms with E-state index >= 15 is 0 Å². The number of nitrogens with zero attached hydrogens (tertiary/aromatic N) is 1. The van der Waals surface area contributed by atoms with Crippen LogP contribution in [0.25, 0.3) is 10.8 Å². The Morgan fingerprint density at radius 3 is 2.88 bits per heavy atom. The molecule has 0 atom stereocenters. The predicted molar refractivity (Wildman–Crippen MR) is 66.6 cm³/mol. The lowest BCUT2D eigenvalue weighted by atomic mass is 10.1. The first-order valence-corrected chi connectivity index (χ1v) is 5.70. The summed E-state index contributed by atoms with van der Waals surface area (Å²) in [6.07, 6.45) is 2.13. The van der Waals surface area contributed by atoms with E-state index in [9.17, 15) is 4.79 Å². The third kappa shape index (κ3) is 1.93. The van der Waals surface area contributed by atoms with Gasteiger partial charge in [0.25, 0.3) is 5.91 Å². The molecule has 3 rings (SSSR count). The van der Waals surface area contributed by atoms with Crippen LogP contribution in [0.1, 0.15) is 23.3 Å². The van der Waals surface area contributed by atoms with E-state index in [1.165, 1.54) is 0 Å². The molecule has 1 aliphatic carbocycles. The normalized spacial score (nSPS) is 14.8. The minimum atomic E-state index is -0.134. The Kier molecular flexibility index (Phi) is 2.21. The zero-order valence-electron chi connectivity index (χ0n) is 9.31. The average Bonchev–Trinajstić information content (AvgIpc) is 3.13. The van der Waals surface area contributed by atoms with E-state index in [1.54, 1.807) is 6.07 Å². The fourth-order valence-corrected chi connectivity index (χ4v) is 1.83. The van der Waals surface area contributed by atoms with Crippen molar-refractivity contribution in [3.8, 4) is 0 Å². The van der Waals surface area contributed by atoms with Crippen LogP contribution in [0.15, 0.2) is 30.3 Å². The number of amides is 1. The second kappa shape index (κ2) is 3.73. The molecule has 0 unspecified atom stereocenters. The van der Waals surface area contributed by atoms with Crippen molar-refractivity contribution in [3.63, 3.8) is 0 Å². The van der Waals surface area contributed by atoms with Crippen molar-refractivity contribution in [3.05, 3.63) is 36.0 Å². The van der Waals surface area contributed by atoms with Gasteiger partial charge in [0.2, 0.25) is 0 Å². The monoisotopic (exact) mass is 227 g/mol. The van der Waals surface area contributed by atoms with Crippen molar-refractivity contribution in [2.24, 2.45) is 0 Å². The van der Waals surface area contributed by atoms with Gasteiger partial charge in [0.05, 0.1) is 0 Å². The summed E-state index contributed by atoms with van der Waals surface area (Å²) in [6, 6.07) is 9.77. The maximum absolute atomic E-state index is 11.9. The lowest BCUT2D eigenvalue weighted by Crippen LogP contribution is -2.26. The van der Waals surface area contributed by atoms with Crippen LogP contribution in [-0.4, -0.2) is 16.9 Å². The Labute approximate surface area is 98.8 Å². The van der Waals surface area contributed by atoms with Gasteiger partial charge >= 0.3 is 0 Å². The average molecular weight is 227 g/mol. The first kappa shape index (κ1) is 10.1. The summed E-state index contributed by atoms with van der Waals surface area (Å²) < 4.78 is 0. The molecular weight excluding hydrogens is 214 g/mol. The summed E-state index contributed by atoms with van der Waals surface area (Å²) in [7, 11) is 0. The zero-order chi connectivity index (χ0) is 11.8. The first-order chi connectivity index (χ1) is 8.24. The number of carbonyl (C=O) groups excluding carboxylic acids is 1. The number of hydrogen-bond donors (Lipinski definition) is 2. The standard InChI is InChI=1S/C13H13N3O/c14-12-10-4-2-1-3-8(10)7-11(16-12)13(17)15-9-5-6-9/h1-4,7,9H,5-6H2,(H2,14,16)(H,15,17). The summed E-state index contributed by atoms with van der Waals surface area (Å²) in [5, 5.41) is 4.74. The molecule has 0 bridgehead atoms. The van der Waals surface area contributed by atoms with Gasteiger partial charge in [-0.2, -0.15) is 0 Å². The molecule has 0 spiro atoms. The van der Waals surface area contributed by atoms with Crippen molar-refractivity contribution in [1.29, 1.82) is 0 Å². The molecule has 0 saturated heterocycles. The van der Waals surface area contributed by atoms with Crippen LogP contribution in [0.4, 0.5) is 5.82 Å². The number of pyridine rings is 1. The van der Waals surface area contributed by atoms with Crippen molar-refractivity contribution >= 4 is 22.5 Å². The number of benzene rings is 1. The van der Waals surface area contributed by atoms with Gasteiger partial charge in [-0.25, -0.2) is 4.98 Å². The Morgan fingerprint density at radius 1 is 1.35 bits per heavy atom. The van der Waals surface area contributed by atoms with Crippen LogP contribution >= 0.6 is 0 Å². The Balaban J connectivity index is 2.02. The van der Waals surface area contributed by atoms with Gasteiger partial charge in [-0.3, -0.25) is 4.79 Å². The van der Waals surface area contributed by atoms with Crippen LogP contribution in [0.2, 0.25) is 0 Å². The summed E-state index contributed by atoms with van der Waals surface area (Å²) in [6.45, 7) is 0. The van der Waals surface area contributed by atoms with Crippen LogP contribution in [0.5, 0.6) is 0 Å². The molecule has 3 N–H and O–H groups in total. The second-order valence-corrected chi connectivity index (χ2v) is 4.36. The molecule has 86 valence electrons. The van der Waals surface area contributed by atoms with Crippen molar-refractivity contribution < 1.29 is 4.79 Å². The maximum atomic E-state index is 11.9. The summed E-state index contributed by atoms with van der Waals surface area (Å²) in [5.41, 5.74) is 6.25. The quantitative estimate of drug-likeness (QED) is 0.820. The van der Waals surface area contributed by atoms with Gasteiger partial charge in [0.15, 0.2) is 0 Å². The highest BCUT2D eigenvalue weighted by Gasteiger charge is 2.24. The number of aromatic nitrogens is 1. The van der Waals surface area contributed by atoms with E-state index in [4.69, 9.17) is 5.73 Å². The topological polar surface area (TPSA) is 68.0 Å². The van der Waals surface area contributed by atoms with Gasteiger partial charge in [0, 0.05) is 11.4 Å². The number of nitrogen functional groups attached to an aromatic ring is 1. The van der Waals surface area contributed by atoms with E-state index in [0.717, 1.165) is 23.6 Å². The molecule has 4 heteroatoms. The number of nitrogens with two attached hydrogens (primary N) is 1. The lowest BCUT2D eigenvalue weighted by Gasteiger charge is -2.06. The third-order valence-electron chi connectivity index (χ3n) is 2.92. The highest BCUT2D eigenvalue weighted by Crippen LogP contribution is 2.22. The molecular formula is C13H13N3O. The first-order valence-electron chi connectivity index (χ1n) is 5.70. The van der Waals surface area contributed by atoms with E-state index in [1.807, 2.05) is 24.3 Å². The fraction of sp³-hybridized carbons (Fsp3) is 0.231. The fourth-order valence-electron chi connectivity index (χ4n) is 1.83. The van der Waals surface area contributed by atoms with Crippen molar-refractivity contribution in [2.45, 2.75) is 18.9 Å². The molecule has 1 aliphatic rings. The molecule has 0 radical (unpaired) electrons. The van der Waals surface area contributed by atoms with Gasteiger partial charge in [0.1, 0.15) is 11.5 Å². The number of fused-ring (bicyclic) bond motifs is 1. The number of anilines is 1. The van der Waals surface area contributed by atoms with Crippen LogP contribution < -0.4 is 11.1 Å². The third-order valence-corrected chi connectivity index (χ3v) is 2.92. The van der Waals surface area contributed by atoms with E-state index < -0.39 is 0 Å². The highest BCUT2D eigenvalue weighted by molar-refractivity contribution is 6.00. The molecule has 4 nitrogen and oxygen atoms in total. The SMILES string of the molecule is Nc1nc(C(=O)NC2CC2)cc2ccccc12. The van der Waals surface area contributed by atoms with Crippen LogP contribution in [-0.2, 0) is 0 Å². The molecule has 1 aromatic heterocycles. The van der Waals surface area contributed by atoms with E-state index in [-0.39, 0.29) is 5.91 Å². The predicted octanol–water partition coefficient (Wildman–Crippen LogP) is 1.71. The minimum absolute atomic E-state index is 0.134. The number of nitrogens with one attached hydrogen (secondary N) is 1. The van der Waals surface area contributed by atoms with Crippen molar-refractivity contribution in [2.75, 3.05) is 5.73 Å². The Bertz CT molecular complexity index is 590. The van der Waals surface area contributed by atoms with Gasteiger partial charge in [-0.05, 0) is 24.3 Å². The largest absolute Gasteiger partial charge is 0.383 e. The van der Waals surface area contributed by atoms with E-state index in [0.29, 0.717) is 17.6 Å². The maximum Gasteiger partial charge on any atom is 0.270 e. The van der Waals surface area contributed by atoms with E-state index in [2.05, 4.69) is 10.3 Å². The zero-order valence-corrected chi connectivity index (χ0v) is 9.31. The Morgan fingerprint density at radius 2 is 2.12 bits per heavy atom. The number of hydrogen-bond acceptors (Lipinski definition) is 3. The van der Waals surface area contributed by atoms with Gasteiger partial charge in [-0.15, -0.1) is 0 Å². The summed E-state index contributed by atoms with van der Waals surface area (Å²) in [5.74, 6) is 0.272. The molecule has 1 saturated carbocycles. The lowest BCUT2D eigenvalue weighted by molar-refractivity contribution is 0.0946. The van der Waals surface area contributed by atoms with Crippen LogP contribution in [0.3, 0.4) is 0 Å². The van der Waals surface area contributed by atoms with Gasteiger partial charge in [-0.1, -0.05) is 24.3 Å². The molecule has 0 aliphatic heterocycles. The molecule has 1 aromatic carbocycles. The van der Waals surface area contributed by atoms with Crippen LogP contribution in [0, 0.1) is 0 Å². The van der Waals surface area contributed by atoms with Crippen molar-refractivity contribution in [1.82, 2.24) is 10.3 Å². The minimum Gasteiger partial charge on any atom is -0.383 e. The molecule has 1 heterocycles. The summed E-state index contributed by atoms with van der Waals surface area (Å²) in [4.78, 5) is 16.0. The highest BCUT2D eigenvalue weighted by atomic mass is 16.2. The smallest absolute Gasteiger partial charge is 0.270 e. The number of rotatable bonds is 2. The molecule has 1 fully saturated rings. The van der Waals surface area contributed by atoms with Gasteiger partial charge < -0.3 is 11.1 Å². The number of carbonyl (C=O) groups is 1. The Hall–Kier alpha value is -2.10. The summed E-state index contributed by atoms with van der Waals surface area (Å²) >= 11 is 0. The molecule has 17 heavy (non-hydrogen) atoms. The molecule has 2 aromatic rings.